The zero-order valence-electron chi connectivity index (χ0n) is 21.7. The van der Waals surface area contributed by atoms with Gasteiger partial charge in [0, 0.05) is 57.9 Å². The van der Waals surface area contributed by atoms with Gasteiger partial charge in [0.05, 0.1) is 16.3 Å². The number of hydrogen-bond acceptors (Lipinski definition) is 7. The van der Waals surface area contributed by atoms with Crippen LogP contribution in [0.3, 0.4) is 0 Å². The van der Waals surface area contributed by atoms with Crippen molar-refractivity contribution in [2.45, 2.75) is 18.0 Å². The largest absolute Gasteiger partial charge is 0.490 e. The highest BCUT2D eigenvalue weighted by molar-refractivity contribution is 7.92. The number of carboxylic acid groups (broad SMARTS) is 1. The number of amides is 1. The lowest BCUT2D eigenvalue weighted by Gasteiger charge is -2.33. The second-order valence-electron chi connectivity index (χ2n) is 9.24. The summed E-state index contributed by atoms with van der Waals surface area (Å²) in [6.45, 7) is 7.96. The summed E-state index contributed by atoms with van der Waals surface area (Å²) in [7, 11) is -1.76. The first-order valence-corrected chi connectivity index (χ1v) is 13.7. The van der Waals surface area contributed by atoms with Gasteiger partial charge in [-0.05, 0) is 43.8 Å². The lowest BCUT2D eigenvalue weighted by Crippen LogP contribution is -2.47. The van der Waals surface area contributed by atoms with Gasteiger partial charge in [0.2, 0.25) is 0 Å². The van der Waals surface area contributed by atoms with Crippen LogP contribution in [0.1, 0.15) is 15.9 Å². The molecule has 0 atom stereocenters. The molecule has 10 nitrogen and oxygen atoms in total. The molecule has 39 heavy (non-hydrogen) atoms. The number of hydrogen-bond donors (Lipinski definition) is 3. The predicted molar refractivity (Wildman–Crippen MR) is 141 cm³/mol. The number of likely N-dealkylation sites (N-methyl/N-ethyl adjacent to an activating group) is 1. The van der Waals surface area contributed by atoms with Gasteiger partial charge < -0.3 is 25.1 Å². The van der Waals surface area contributed by atoms with Crippen molar-refractivity contribution in [2.75, 3.05) is 69.0 Å². The summed E-state index contributed by atoms with van der Waals surface area (Å²) in [5, 5.41) is 10.4. The van der Waals surface area contributed by atoms with Gasteiger partial charge in [-0.15, -0.1) is 0 Å². The highest BCUT2D eigenvalue weighted by atomic mass is 32.2. The van der Waals surface area contributed by atoms with Crippen molar-refractivity contribution in [1.82, 2.24) is 15.1 Å². The summed E-state index contributed by atoms with van der Waals surface area (Å²) in [4.78, 5) is 28.5. The molecule has 2 saturated heterocycles. The standard InChI is InChI=1S/C23H31N5O3S.C2HF3O2/c1-18-5-3-4-6-22(18)32(30,31)25-20-17-19(23(29)28-15-13-26(2)14-16-28)7-8-21(20)27-11-9-24-10-12-27;3-2(4,5)1(6)7/h3-8,17,24-25H,9-16H2,1-2H3;(H,6,7). The molecule has 14 heteroatoms. The maximum atomic E-state index is 13.2. The fourth-order valence-corrected chi connectivity index (χ4v) is 5.49. The highest BCUT2D eigenvalue weighted by Gasteiger charge is 2.38. The highest BCUT2D eigenvalue weighted by Crippen LogP contribution is 2.31. The van der Waals surface area contributed by atoms with E-state index in [9.17, 15) is 26.4 Å². The molecule has 2 fully saturated rings. The molecule has 0 spiro atoms. The lowest BCUT2D eigenvalue weighted by atomic mass is 10.1. The van der Waals surface area contributed by atoms with Gasteiger partial charge in [0.15, 0.2) is 0 Å². The Labute approximate surface area is 225 Å². The monoisotopic (exact) mass is 571 g/mol. The van der Waals surface area contributed by atoms with E-state index in [-0.39, 0.29) is 10.8 Å². The number of benzene rings is 2. The number of piperazine rings is 2. The number of nitrogens with zero attached hydrogens (tertiary/aromatic N) is 3. The second-order valence-corrected chi connectivity index (χ2v) is 10.9. The Hall–Kier alpha value is -3.36. The van der Waals surface area contributed by atoms with Crippen LogP contribution in [-0.2, 0) is 14.8 Å². The van der Waals surface area contributed by atoms with Gasteiger partial charge in [0.1, 0.15) is 0 Å². The Kier molecular flexibility index (Phi) is 9.80. The van der Waals surface area contributed by atoms with E-state index in [2.05, 4.69) is 19.8 Å². The molecule has 0 unspecified atom stereocenters. The number of carboxylic acids is 1. The normalized spacial score (nSPS) is 16.7. The maximum absolute atomic E-state index is 13.2. The lowest BCUT2D eigenvalue weighted by molar-refractivity contribution is -0.192. The number of sulfonamides is 1. The molecule has 2 aromatic rings. The fourth-order valence-electron chi connectivity index (χ4n) is 4.18. The van der Waals surface area contributed by atoms with Gasteiger partial charge in [0.25, 0.3) is 15.9 Å². The van der Waals surface area contributed by atoms with Gasteiger partial charge in [-0.2, -0.15) is 13.2 Å². The number of alkyl halides is 3. The molecule has 2 aromatic carbocycles. The van der Waals surface area contributed by atoms with Crippen molar-refractivity contribution in [3.63, 3.8) is 0 Å². The third-order valence-electron chi connectivity index (χ3n) is 6.36. The summed E-state index contributed by atoms with van der Waals surface area (Å²) in [5.41, 5.74) is 2.40. The molecule has 1 amide bonds. The minimum atomic E-state index is -5.08. The van der Waals surface area contributed by atoms with Gasteiger partial charge >= 0.3 is 12.1 Å². The Morgan fingerprint density at radius 1 is 0.974 bits per heavy atom. The number of carbonyl (C=O) groups is 2. The molecular formula is C25H32F3N5O5S. The van der Waals surface area contributed by atoms with Crippen molar-refractivity contribution < 1.29 is 36.3 Å². The maximum Gasteiger partial charge on any atom is 0.490 e. The number of carbonyl (C=O) groups excluding carboxylic acids is 1. The molecule has 214 valence electrons. The summed E-state index contributed by atoms with van der Waals surface area (Å²) < 4.78 is 61.0. The quantitative estimate of drug-likeness (QED) is 0.500. The topological polar surface area (TPSA) is 122 Å². The van der Waals surface area contributed by atoms with Crippen LogP contribution >= 0.6 is 0 Å². The van der Waals surface area contributed by atoms with E-state index >= 15 is 0 Å². The third kappa shape index (κ3) is 8.07. The van der Waals surface area contributed by atoms with Crippen molar-refractivity contribution in [2.24, 2.45) is 0 Å². The minimum absolute atomic E-state index is 0.0682. The van der Waals surface area contributed by atoms with Crippen LogP contribution in [0.2, 0.25) is 0 Å². The number of rotatable bonds is 5. The number of halogens is 3. The van der Waals surface area contributed by atoms with Crippen LogP contribution in [0.15, 0.2) is 47.4 Å². The average molecular weight is 572 g/mol. The number of aliphatic carboxylic acids is 1. The van der Waals surface area contributed by atoms with E-state index in [0.717, 1.165) is 45.0 Å². The SMILES string of the molecule is Cc1ccccc1S(=O)(=O)Nc1cc(C(=O)N2CCN(C)CC2)ccc1N1CCNCC1.O=C(O)C(F)(F)F. The molecule has 0 radical (unpaired) electrons. The molecule has 4 rings (SSSR count). The number of anilines is 2. The van der Waals surface area contributed by atoms with Crippen molar-refractivity contribution in [3.8, 4) is 0 Å². The molecule has 2 aliphatic heterocycles. The van der Waals surface area contributed by atoms with Crippen molar-refractivity contribution in [3.05, 3.63) is 53.6 Å². The van der Waals surface area contributed by atoms with E-state index in [1.807, 2.05) is 30.1 Å². The van der Waals surface area contributed by atoms with E-state index < -0.39 is 22.2 Å². The molecule has 0 bridgehead atoms. The van der Waals surface area contributed by atoms with Gasteiger partial charge in [-0.1, -0.05) is 18.2 Å². The zero-order valence-corrected chi connectivity index (χ0v) is 22.5. The van der Waals surface area contributed by atoms with E-state index in [1.54, 1.807) is 31.2 Å². The summed E-state index contributed by atoms with van der Waals surface area (Å²) >= 11 is 0. The van der Waals surface area contributed by atoms with E-state index in [1.165, 1.54) is 0 Å². The Balaban J connectivity index is 0.000000532. The summed E-state index contributed by atoms with van der Waals surface area (Å²) in [6, 6.07) is 12.3. The zero-order chi connectivity index (χ0) is 28.8. The van der Waals surface area contributed by atoms with Crippen LogP contribution in [0, 0.1) is 6.92 Å². The predicted octanol–water partition coefficient (Wildman–Crippen LogP) is 2.23. The van der Waals surface area contributed by atoms with Gasteiger partial charge in [-0.25, -0.2) is 13.2 Å². The fraction of sp³-hybridized carbons (Fsp3) is 0.440. The first kappa shape index (κ1) is 30.2. The van der Waals surface area contributed by atoms with Gasteiger partial charge in [-0.3, -0.25) is 9.52 Å². The smallest absolute Gasteiger partial charge is 0.475 e. The second kappa shape index (κ2) is 12.7. The first-order valence-electron chi connectivity index (χ1n) is 12.3. The molecule has 0 saturated carbocycles. The molecule has 3 N–H and O–H groups in total. The number of nitrogens with one attached hydrogen (secondary N) is 2. The average Bonchev–Trinajstić information content (AvgIpc) is 2.89. The van der Waals surface area contributed by atoms with E-state index in [4.69, 9.17) is 9.90 Å². The Bertz CT molecular complexity index is 1280. The van der Waals surface area contributed by atoms with Crippen LogP contribution in [0.4, 0.5) is 24.5 Å². The Morgan fingerprint density at radius 3 is 2.13 bits per heavy atom. The minimum Gasteiger partial charge on any atom is -0.475 e. The first-order chi connectivity index (χ1) is 18.3. The van der Waals surface area contributed by atoms with Crippen LogP contribution in [0.5, 0.6) is 0 Å². The molecule has 0 aromatic heterocycles. The molecule has 2 aliphatic rings. The van der Waals surface area contributed by atoms with Crippen LogP contribution in [0.25, 0.3) is 0 Å². The third-order valence-corrected chi connectivity index (χ3v) is 7.89. The summed E-state index contributed by atoms with van der Waals surface area (Å²) in [6.07, 6.45) is -5.08. The number of aryl methyl sites for hydroxylation is 1. The molecule has 2 heterocycles. The van der Waals surface area contributed by atoms with Crippen LogP contribution < -0.4 is 14.9 Å². The molecule has 0 aliphatic carbocycles. The summed E-state index contributed by atoms with van der Waals surface area (Å²) in [5.74, 6) is -2.83. The van der Waals surface area contributed by atoms with E-state index in [0.29, 0.717) is 29.9 Å². The van der Waals surface area contributed by atoms with Crippen LogP contribution in [-0.4, -0.2) is 101 Å². The molecular weight excluding hydrogens is 539 g/mol. The van der Waals surface area contributed by atoms with Crippen molar-refractivity contribution in [1.29, 1.82) is 0 Å². The van der Waals surface area contributed by atoms with Crippen molar-refractivity contribution >= 4 is 33.3 Å². The Morgan fingerprint density at radius 2 is 1.56 bits per heavy atom.